The SMILES string of the molecule is COc1ccc(CCNC(=O)C(C)N(Cc2ccccc2)C(=O)Cc2ccc(OC)c(OC)c2)cc1. The van der Waals surface area contributed by atoms with Crippen LogP contribution in [0.1, 0.15) is 23.6 Å². The van der Waals surface area contributed by atoms with Gasteiger partial charge in [0.2, 0.25) is 11.8 Å². The van der Waals surface area contributed by atoms with E-state index in [9.17, 15) is 9.59 Å². The minimum atomic E-state index is -0.645. The van der Waals surface area contributed by atoms with Crippen molar-refractivity contribution in [1.29, 1.82) is 0 Å². The number of nitrogens with zero attached hydrogens (tertiary/aromatic N) is 1. The van der Waals surface area contributed by atoms with Crippen LogP contribution in [0, 0.1) is 0 Å². The zero-order valence-corrected chi connectivity index (χ0v) is 21.3. The lowest BCUT2D eigenvalue weighted by Crippen LogP contribution is -2.48. The molecule has 3 aromatic carbocycles. The molecular weight excluding hydrogens is 456 g/mol. The highest BCUT2D eigenvalue weighted by Crippen LogP contribution is 2.28. The first-order valence-electron chi connectivity index (χ1n) is 11.9. The standard InChI is InChI=1S/C29H34N2O5/c1-21(29(33)30-17-16-22-10-13-25(34-2)14-11-22)31(20-23-8-6-5-7-9-23)28(32)19-24-12-15-26(35-3)27(18-24)36-4/h5-15,18,21H,16-17,19-20H2,1-4H3,(H,30,33). The van der Waals surface area contributed by atoms with E-state index in [4.69, 9.17) is 14.2 Å². The number of methoxy groups -OCH3 is 3. The second-order valence-electron chi connectivity index (χ2n) is 8.44. The van der Waals surface area contributed by atoms with Gasteiger partial charge in [0.05, 0.1) is 27.8 Å². The minimum absolute atomic E-state index is 0.136. The number of benzene rings is 3. The van der Waals surface area contributed by atoms with Crippen molar-refractivity contribution < 1.29 is 23.8 Å². The van der Waals surface area contributed by atoms with Crippen molar-refractivity contribution in [3.05, 3.63) is 89.5 Å². The van der Waals surface area contributed by atoms with Gasteiger partial charge in [0.25, 0.3) is 0 Å². The van der Waals surface area contributed by atoms with Gasteiger partial charge in [-0.1, -0.05) is 48.5 Å². The Bertz CT molecular complexity index is 1130. The van der Waals surface area contributed by atoms with Crippen LogP contribution < -0.4 is 19.5 Å². The van der Waals surface area contributed by atoms with Crippen LogP contribution in [-0.4, -0.2) is 50.6 Å². The second kappa shape index (κ2) is 13.2. The van der Waals surface area contributed by atoms with Gasteiger partial charge in [0, 0.05) is 13.1 Å². The fourth-order valence-corrected chi connectivity index (χ4v) is 3.90. The van der Waals surface area contributed by atoms with Crippen molar-refractivity contribution >= 4 is 11.8 Å². The van der Waals surface area contributed by atoms with Crippen molar-refractivity contribution in [2.75, 3.05) is 27.9 Å². The van der Waals surface area contributed by atoms with Crippen molar-refractivity contribution in [1.82, 2.24) is 10.2 Å². The van der Waals surface area contributed by atoms with E-state index >= 15 is 0 Å². The zero-order chi connectivity index (χ0) is 25.9. The monoisotopic (exact) mass is 490 g/mol. The van der Waals surface area contributed by atoms with Gasteiger partial charge in [-0.2, -0.15) is 0 Å². The molecule has 7 nitrogen and oxygen atoms in total. The molecule has 0 bridgehead atoms. The summed E-state index contributed by atoms with van der Waals surface area (Å²) in [5.41, 5.74) is 2.83. The molecule has 36 heavy (non-hydrogen) atoms. The third-order valence-electron chi connectivity index (χ3n) is 6.04. The van der Waals surface area contributed by atoms with Gasteiger partial charge in [-0.3, -0.25) is 9.59 Å². The van der Waals surface area contributed by atoms with E-state index < -0.39 is 6.04 Å². The Morgan fingerprint density at radius 1 is 0.806 bits per heavy atom. The Kier molecular flexibility index (Phi) is 9.74. The van der Waals surface area contributed by atoms with Crippen LogP contribution in [0.25, 0.3) is 0 Å². The second-order valence-corrected chi connectivity index (χ2v) is 8.44. The predicted molar refractivity (Wildman–Crippen MR) is 139 cm³/mol. The van der Waals surface area contributed by atoms with Crippen LogP contribution in [0.4, 0.5) is 0 Å². The molecule has 1 N–H and O–H groups in total. The van der Waals surface area contributed by atoms with Crippen molar-refractivity contribution in [2.24, 2.45) is 0 Å². The van der Waals surface area contributed by atoms with E-state index in [1.807, 2.05) is 60.7 Å². The van der Waals surface area contributed by atoms with Gasteiger partial charge >= 0.3 is 0 Å². The van der Waals surface area contributed by atoms with Crippen molar-refractivity contribution in [3.63, 3.8) is 0 Å². The molecule has 0 fully saturated rings. The molecular formula is C29H34N2O5. The molecule has 0 saturated carbocycles. The Morgan fingerprint density at radius 2 is 1.47 bits per heavy atom. The van der Waals surface area contributed by atoms with Crippen LogP contribution in [0.3, 0.4) is 0 Å². The van der Waals surface area contributed by atoms with Gasteiger partial charge in [-0.05, 0) is 54.3 Å². The summed E-state index contributed by atoms with van der Waals surface area (Å²) in [4.78, 5) is 28.1. The number of amides is 2. The molecule has 0 spiro atoms. The molecule has 0 heterocycles. The highest BCUT2D eigenvalue weighted by atomic mass is 16.5. The molecule has 190 valence electrons. The third kappa shape index (κ3) is 7.25. The lowest BCUT2D eigenvalue weighted by molar-refractivity contribution is -0.140. The molecule has 0 radical (unpaired) electrons. The first kappa shape index (κ1) is 26.6. The Morgan fingerprint density at radius 3 is 2.11 bits per heavy atom. The number of ether oxygens (including phenoxy) is 3. The maximum absolute atomic E-state index is 13.4. The fraction of sp³-hybridized carbons (Fsp3) is 0.310. The molecule has 1 unspecified atom stereocenters. The van der Waals surface area contributed by atoms with Crippen LogP contribution in [-0.2, 0) is 29.0 Å². The largest absolute Gasteiger partial charge is 0.497 e. The summed E-state index contributed by atoms with van der Waals surface area (Å²) in [5, 5.41) is 2.98. The normalized spacial score (nSPS) is 11.3. The van der Waals surface area contributed by atoms with Crippen LogP contribution >= 0.6 is 0 Å². The molecule has 0 aromatic heterocycles. The Balaban J connectivity index is 1.69. The topological polar surface area (TPSA) is 77.1 Å². The van der Waals surface area contributed by atoms with Crippen molar-refractivity contribution in [2.45, 2.75) is 32.4 Å². The average Bonchev–Trinajstić information content (AvgIpc) is 2.92. The summed E-state index contributed by atoms with van der Waals surface area (Å²) in [6.45, 7) is 2.57. The van der Waals surface area contributed by atoms with Gasteiger partial charge < -0.3 is 24.4 Å². The van der Waals surface area contributed by atoms with Crippen molar-refractivity contribution in [3.8, 4) is 17.2 Å². The molecule has 0 saturated heterocycles. The molecule has 1 atom stereocenters. The fourth-order valence-electron chi connectivity index (χ4n) is 3.90. The summed E-state index contributed by atoms with van der Waals surface area (Å²) in [5.74, 6) is 1.60. The summed E-state index contributed by atoms with van der Waals surface area (Å²) in [7, 11) is 4.76. The van der Waals surface area contributed by atoms with Crippen LogP contribution in [0.2, 0.25) is 0 Å². The maximum Gasteiger partial charge on any atom is 0.242 e. The summed E-state index contributed by atoms with van der Waals surface area (Å²) in [6.07, 6.45) is 0.817. The van der Waals surface area contributed by atoms with Crippen LogP contribution in [0.15, 0.2) is 72.8 Å². The lowest BCUT2D eigenvalue weighted by atomic mass is 10.1. The van der Waals surface area contributed by atoms with Gasteiger partial charge in [-0.25, -0.2) is 0 Å². The van der Waals surface area contributed by atoms with E-state index in [2.05, 4.69) is 5.32 Å². The number of rotatable bonds is 12. The molecule has 0 aliphatic heterocycles. The highest BCUT2D eigenvalue weighted by Gasteiger charge is 2.26. The Labute approximate surface area is 213 Å². The van der Waals surface area contributed by atoms with Gasteiger partial charge in [0.1, 0.15) is 11.8 Å². The van der Waals surface area contributed by atoms with Crippen LogP contribution in [0.5, 0.6) is 17.2 Å². The lowest BCUT2D eigenvalue weighted by Gasteiger charge is -2.29. The predicted octanol–water partition coefficient (Wildman–Crippen LogP) is 4.03. The molecule has 3 rings (SSSR count). The van der Waals surface area contributed by atoms with Gasteiger partial charge in [0.15, 0.2) is 11.5 Å². The molecule has 3 aromatic rings. The summed E-state index contributed by atoms with van der Waals surface area (Å²) >= 11 is 0. The molecule has 7 heteroatoms. The first-order chi connectivity index (χ1) is 17.4. The third-order valence-corrected chi connectivity index (χ3v) is 6.04. The molecule has 2 amide bonds. The number of hydrogen-bond acceptors (Lipinski definition) is 5. The van der Waals surface area contributed by atoms with E-state index in [1.165, 1.54) is 0 Å². The average molecular weight is 491 g/mol. The molecule has 0 aliphatic carbocycles. The number of carbonyl (C=O) groups is 2. The van der Waals surface area contributed by atoms with E-state index in [0.717, 1.165) is 22.4 Å². The number of hydrogen-bond donors (Lipinski definition) is 1. The first-order valence-corrected chi connectivity index (χ1v) is 11.9. The maximum atomic E-state index is 13.4. The quantitative estimate of drug-likeness (QED) is 0.415. The number of nitrogens with one attached hydrogen (secondary N) is 1. The molecule has 0 aliphatic rings. The smallest absolute Gasteiger partial charge is 0.242 e. The summed E-state index contributed by atoms with van der Waals surface area (Å²) < 4.78 is 15.9. The van der Waals surface area contributed by atoms with E-state index in [-0.39, 0.29) is 18.2 Å². The zero-order valence-electron chi connectivity index (χ0n) is 21.3. The van der Waals surface area contributed by atoms with E-state index in [1.54, 1.807) is 45.3 Å². The van der Waals surface area contributed by atoms with E-state index in [0.29, 0.717) is 31.0 Å². The Hall–Kier alpha value is -4.00. The number of carbonyl (C=O) groups excluding carboxylic acids is 2. The summed E-state index contributed by atoms with van der Waals surface area (Å²) in [6, 6.07) is 22.2. The van der Waals surface area contributed by atoms with Gasteiger partial charge in [-0.15, -0.1) is 0 Å². The minimum Gasteiger partial charge on any atom is -0.497 e. The highest BCUT2D eigenvalue weighted by molar-refractivity contribution is 5.88.